The van der Waals surface area contributed by atoms with Crippen molar-refractivity contribution in [1.29, 1.82) is 0 Å². The van der Waals surface area contributed by atoms with Crippen LogP contribution in [0.1, 0.15) is 27.8 Å². The van der Waals surface area contributed by atoms with Crippen LogP contribution in [0.15, 0.2) is 42.5 Å². The molecule has 1 nitrogen and oxygen atoms in total. The number of nitrogens with zero attached hydrogens (tertiary/aromatic N) is 1. The summed E-state index contributed by atoms with van der Waals surface area (Å²) in [5, 5.41) is 0. The molecule has 22 heavy (non-hydrogen) atoms. The number of fused-ring (bicyclic) bond motifs is 1. The largest absolute Gasteiger partial charge is 0.291 e. The second-order valence-electron chi connectivity index (χ2n) is 6.35. The molecule has 1 atom stereocenters. The highest BCUT2D eigenvalue weighted by molar-refractivity contribution is 7.98. The van der Waals surface area contributed by atoms with Gasteiger partial charge in [0.2, 0.25) is 0 Å². The minimum absolute atomic E-state index is 0.643. The van der Waals surface area contributed by atoms with E-state index in [1.165, 1.54) is 34.4 Å². The molecule has 2 aromatic carbocycles. The molecule has 2 heteroatoms. The van der Waals surface area contributed by atoms with Crippen molar-refractivity contribution in [2.45, 2.75) is 39.4 Å². The Hall–Kier alpha value is -1.25. The van der Waals surface area contributed by atoms with Crippen LogP contribution in [0.2, 0.25) is 0 Å². The number of aryl methyl sites for hydroxylation is 1. The molecule has 0 N–H and O–H groups in total. The van der Waals surface area contributed by atoms with Gasteiger partial charge < -0.3 is 0 Å². The Balaban J connectivity index is 1.86. The number of benzene rings is 2. The van der Waals surface area contributed by atoms with Crippen LogP contribution < -0.4 is 0 Å². The number of thioether (sulfide) groups is 1. The molecule has 0 spiro atoms. The fourth-order valence-corrected chi connectivity index (χ4v) is 4.10. The number of rotatable bonds is 4. The molecular weight excluding hydrogens is 286 g/mol. The highest BCUT2D eigenvalue weighted by Gasteiger charge is 2.25. The van der Waals surface area contributed by atoms with Gasteiger partial charge in [-0.15, -0.1) is 0 Å². The van der Waals surface area contributed by atoms with Crippen molar-refractivity contribution in [3.05, 3.63) is 70.3 Å². The smallest absolute Gasteiger partial charge is 0.0243 e. The normalized spacial score (nSPS) is 18.2. The zero-order valence-electron chi connectivity index (χ0n) is 13.8. The molecule has 0 saturated carbocycles. The first-order valence-electron chi connectivity index (χ1n) is 8.04. The van der Waals surface area contributed by atoms with E-state index in [9.17, 15) is 0 Å². The maximum atomic E-state index is 2.67. The summed E-state index contributed by atoms with van der Waals surface area (Å²) in [5.74, 6) is 1.21. The SMILES string of the molecule is CSCC1Cc2ccccc2CN1Cc1cccc(C)c1C. The second kappa shape index (κ2) is 6.89. The third kappa shape index (κ3) is 3.23. The van der Waals surface area contributed by atoms with E-state index >= 15 is 0 Å². The monoisotopic (exact) mass is 311 g/mol. The molecule has 0 aromatic heterocycles. The summed E-state index contributed by atoms with van der Waals surface area (Å²) < 4.78 is 0. The van der Waals surface area contributed by atoms with Crippen LogP contribution in [0.4, 0.5) is 0 Å². The molecule has 1 aliphatic rings. The van der Waals surface area contributed by atoms with E-state index in [1.54, 1.807) is 5.56 Å². The lowest BCUT2D eigenvalue weighted by Gasteiger charge is -2.37. The quantitative estimate of drug-likeness (QED) is 0.812. The lowest BCUT2D eigenvalue weighted by Crippen LogP contribution is -2.41. The third-order valence-corrected chi connectivity index (χ3v) is 5.63. The standard InChI is InChI=1S/C20H25NS/c1-15-7-6-10-18(16(15)2)12-21-13-19-9-5-4-8-17(19)11-20(21)14-22-3/h4-10,20H,11-14H2,1-3H3. The molecule has 2 aromatic rings. The number of hydrogen-bond donors (Lipinski definition) is 0. The van der Waals surface area contributed by atoms with Crippen molar-refractivity contribution in [3.63, 3.8) is 0 Å². The van der Waals surface area contributed by atoms with E-state index in [0.29, 0.717) is 6.04 Å². The predicted molar refractivity (Wildman–Crippen MR) is 97.5 cm³/mol. The molecule has 0 fully saturated rings. The Bertz CT molecular complexity index is 650. The van der Waals surface area contributed by atoms with Gasteiger partial charge in [-0.2, -0.15) is 11.8 Å². The van der Waals surface area contributed by atoms with E-state index in [0.717, 1.165) is 13.1 Å². The average Bonchev–Trinajstić information content (AvgIpc) is 2.52. The van der Waals surface area contributed by atoms with Crippen LogP contribution in [0.25, 0.3) is 0 Å². The molecule has 116 valence electrons. The van der Waals surface area contributed by atoms with Gasteiger partial charge in [0.15, 0.2) is 0 Å². The molecule has 0 saturated heterocycles. The molecule has 0 amide bonds. The Kier molecular flexibility index (Phi) is 4.90. The molecule has 0 bridgehead atoms. The van der Waals surface area contributed by atoms with Gasteiger partial charge in [0.25, 0.3) is 0 Å². The van der Waals surface area contributed by atoms with E-state index in [4.69, 9.17) is 0 Å². The second-order valence-corrected chi connectivity index (χ2v) is 7.26. The summed E-state index contributed by atoms with van der Waals surface area (Å²) in [6.07, 6.45) is 3.40. The van der Waals surface area contributed by atoms with Crippen LogP contribution in [-0.2, 0) is 19.5 Å². The highest BCUT2D eigenvalue weighted by Crippen LogP contribution is 2.27. The van der Waals surface area contributed by atoms with Gasteiger partial charge in [-0.1, -0.05) is 42.5 Å². The van der Waals surface area contributed by atoms with Gasteiger partial charge in [0, 0.05) is 24.9 Å². The molecular formula is C20H25NS. The van der Waals surface area contributed by atoms with Gasteiger partial charge in [-0.3, -0.25) is 4.90 Å². The third-order valence-electron chi connectivity index (χ3n) is 4.91. The Morgan fingerprint density at radius 2 is 1.82 bits per heavy atom. The minimum atomic E-state index is 0.643. The maximum Gasteiger partial charge on any atom is 0.0243 e. The van der Waals surface area contributed by atoms with Gasteiger partial charge in [0.1, 0.15) is 0 Å². The van der Waals surface area contributed by atoms with E-state index in [2.05, 4.69) is 67.5 Å². The molecule has 0 aliphatic carbocycles. The van der Waals surface area contributed by atoms with Crippen LogP contribution in [0, 0.1) is 13.8 Å². The van der Waals surface area contributed by atoms with Gasteiger partial charge in [0.05, 0.1) is 0 Å². The predicted octanol–water partition coefficient (Wildman–Crippen LogP) is 4.59. The van der Waals surface area contributed by atoms with Crippen LogP contribution in [-0.4, -0.2) is 23.0 Å². The minimum Gasteiger partial charge on any atom is -0.291 e. The lowest BCUT2D eigenvalue weighted by atomic mass is 9.93. The molecule has 0 radical (unpaired) electrons. The van der Waals surface area contributed by atoms with Gasteiger partial charge in [-0.25, -0.2) is 0 Å². The van der Waals surface area contributed by atoms with Crippen molar-refractivity contribution >= 4 is 11.8 Å². The topological polar surface area (TPSA) is 3.24 Å². The van der Waals surface area contributed by atoms with Crippen molar-refractivity contribution in [1.82, 2.24) is 4.90 Å². The Labute approximate surface area is 138 Å². The fourth-order valence-electron chi connectivity index (χ4n) is 3.39. The number of hydrogen-bond acceptors (Lipinski definition) is 2. The Morgan fingerprint density at radius 1 is 1.05 bits per heavy atom. The van der Waals surface area contributed by atoms with Crippen molar-refractivity contribution in [2.24, 2.45) is 0 Å². The molecule has 1 unspecified atom stereocenters. The van der Waals surface area contributed by atoms with Crippen molar-refractivity contribution in [3.8, 4) is 0 Å². The van der Waals surface area contributed by atoms with E-state index in [-0.39, 0.29) is 0 Å². The average molecular weight is 311 g/mol. The van der Waals surface area contributed by atoms with Crippen molar-refractivity contribution < 1.29 is 0 Å². The van der Waals surface area contributed by atoms with E-state index < -0.39 is 0 Å². The molecule has 1 aliphatic heterocycles. The maximum absolute atomic E-state index is 2.67. The van der Waals surface area contributed by atoms with Gasteiger partial charge in [-0.05, 0) is 54.3 Å². The van der Waals surface area contributed by atoms with E-state index in [1.807, 2.05) is 11.8 Å². The summed E-state index contributed by atoms with van der Waals surface area (Å²) in [7, 11) is 0. The fraction of sp³-hybridized carbons (Fsp3) is 0.400. The zero-order chi connectivity index (χ0) is 15.5. The summed E-state index contributed by atoms with van der Waals surface area (Å²) in [5.41, 5.74) is 7.37. The summed E-state index contributed by atoms with van der Waals surface area (Å²) in [6, 6.07) is 16.3. The Morgan fingerprint density at radius 3 is 2.59 bits per heavy atom. The van der Waals surface area contributed by atoms with Gasteiger partial charge >= 0.3 is 0 Å². The first-order chi connectivity index (χ1) is 10.7. The van der Waals surface area contributed by atoms with Crippen LogP contribution in [0.3, 0.4) is 0 Å². The van der Waals surface area contributed by atoms with Crippen LogP contribution >= 0.6 is 11.8 Å². The summed E-state index contributed by atoms with van der Waals surface area (Å²) >= 11 is 1.96. The summed E-state index contributed by atoms with van der Waals surface area (Å²) in [4.78, 5) is 2.67. The molecule has 3 rings (SSSR count). The first-order valence-corrected chi connectivity index (χ1v) is 9.43. The lowest BCUT2D eigenvalue weighted by molar-refractivity contribution is 0.178. The highest BCUT2D eigenvalue weighted by atomic mass is 32.2. The zero-order valence-corrected chi connectivity index (χ0v) is 14.6. The van der Waals surface area contributed by atoms with Crippen molar-refractivity contribution in [2.75, 3.05) is 12.0 Å². The molecule has 1 heterocycles. The van der Waals surface area contributed by atoms with Crippen LogP contribution in [0.5, 0.6) is 0 Å². The first kappa shape index (κ1) is 15.6. The summed E-state index contributed by atoms with van der Waals surface area (Å²) in [6.45, 7) is 6.61.